The van der Waals surface area contributed by atoms with E-state index in [0.717, 1.165) is 25.1 Å². The van der Waals surface area contributed by atoms with E-state index in [9.17, 15) is 9.59 Å². The predicted molar refractivity (Wildman–Crippen MR) is 110 cm³/mol. The molecular formula is C20H30N4O2S. The Hall–Kier alpha value is -2.02. The first-order chi connectivity index (χ1) is 12.9. The number of nitrogens with zero attached hydrogens (tertiary/aromatic N) is 3. The summed E-state index contributed by atoms with van der Waals surface area (Å²) in [7, 11) is 0. The van der Waals surface area contributed by atoms with Crippen molar-refractivity contribution in [3.63, 3.8) is 0 Å². The molecule has 0 saturated carbocycles. The van der Waals surface area contributed by atoms with Crippen molar-refractivity contribution in [3.8, 4) is 0 Å². The number of aromatic amines is 1. The zero-order valence-electron chi connectivity index (χ0n) is 16.6. The van der Waals surface area contributed by atoms with Gasteiger partial charge in [0.05, 0.1) is 5.75 Å². The molecular weight excluding hydrogens is 360 g/mol. The van der Waals surface area contributed by atoms with Crippen molar-refractivity contribution in [2.45, 2.75) is 45.8 Å². The van der Waals surface area contributed by atoms with Crippen LogP contribution in [-0.4, -0.2) is 44.4 Å². The Morgan fingerprint density at radius 2 is 1.78 bits per heavy atom. The number of rotatable bonds is 10. The van der Waals surface area contributed by atoms with Crippen molar-refractivity contribution in [2.75, 3.05) is 18.8 Å². The number of carbonyl (C=O) groups is 1. The van der Waals surface area contributed by atoms with Gasteiger partial charge < -0.3 is 4.90 Å². The van der Waals surface area contributed by atoms with Gasteiger partial charge in [-0.2, -0.15) is 0 Å². The lowest BCUT2D eigenvalue weighted by Gasteiger charge is -2.26. The summed E-state index contributed by atoms with van der Waals surface area (Å²) < 4.78 is 1.61. The van der Waals surface area contributed by atoms with Crippen LogP contribution in [-0.2, 0) is 17.8 Å². The maximum atomic E-state index is 12.7. The minimum Gasteiger partial charge on any atom is -0.341 e. The van der Waals surface area contributed by atoms with Crippen LogP contribution < -0.4 is 5.69 Å². The van der Waals surface area contributed by atoms with Crippen LogP contribution in [0.25, 0.3) is 0 Å². The molecule has 0 aliphatic heterocycles. The van der Waals surface area contributed by atoms with Crippen molar-refractivity contribution >= 4 is 17.7 Å². The number of carbonyl (C=O) groups excluding carboxylic acids is 1. The Balaban J connectivity index is 1.98. The number of aromatic nitrogens is 3. The zero-order chi connectivity index (χ0) is 19.8. The minimum atomic E-state index is -0.234. The van der Waals surface area contributed by atoms with E-state index in [1.165, 1.54) is 11.8 Å². The molecule has 148 valence electrons. The molecule has 6 nitrogen and oxygen atoms in total. The zero-order valence-corrected chi connectivity index (χ0v) is 17.5. The average molecular weight is 391 g/mol. The van der Waals surface area contributed by atoms with Crippen molar-refractivity contribution in [2.24, 2.45) is 11.8 Å². The monoisotopic (exact) mass is 390 g/mol. The van der Waals surface area contributed by atoms with Crippen LogP contribution in [0.3, 0.4) is 0 Å². The summed E-state index contributed by atoms with van der Waals surface area (Å²) in [6.45, 7) is 10.5. The van der Waals surface area contributed by atoms with Crippen molar-refractivity contribution in [1.29, 1.82) is 0 Å². The highest BCUT2D eigenvalue weighted by atomic mass is 32.2. The van der Waals surface area contributed by atoms with Crippen molar-refractivity contribution in [3.05, 3.63) is 46.4 Å². The van der Waals surface area contributed by atoms with Gasteiger partial charge in [-0.15, -0.1) is 5.10 Å². The number of hydrogen-bond acceptors (Lipinski definition) is 4. The Labute approximate surface area is 165 Å². The topological polar surface area (TPSA) is 71.0 Å². The van der Waals surface area contributed by atoms with Crippen LogP contribution in [0.2, 0.25) is 0 Å². The van der Waals surface area contributed by atoms with Gasteiger partial charge in [-0.25, -0.2) is 9.89 Å². The molecule has 0 saturated heterocycles. The maximum Gasteiger partial charge on any atom is 0.343 e. The lowest BCUT2D eigenvalue weighted by molar-refractivity contribution is -0.129. The van der Waals surface area contributed by atoms with Crippen molar-refractivity contribution in [1.82, 2.24) is 19.7 Å². The molecule has 0 radical (unpaired) electrons. The summed E-state index contributed by atoms with van der Waals surface area (Å²) >= 11 is 1.32. The average Bonchev–Trinajstić information content (AvgIpc) is 2.97. The summed E-state index contributed by atoms with van der Waals surface area (Å²) in [5.74, 6) is 1.22. The molecule has 1 aromatic heterocycles. The second-order valence-corrected chi connectivity index (χ2v) is 8.52. The van der Waals surface area contributed by atoms with E-state index >= 15 is 0 Å². The van der Waals surface area contributed by atoms with Crippen LogP contribution in [0, 0.1) is 11.8 Å². The number of benzene rings is 1. The fourth-order valence-corrected chi connectivity index (χ4v) is 3.75. The normalized spacial score (nSPS) is 11.3. The standard InChI is InChI=1S/C20H30N4O2S/c1-15(2)12-23(13-16(3)4)18(25)14-27-20-22-21-19(26)24(20)11-10-17-8-6-5-7-9-17/h5-9,15-16H,10-14H2,1-4H3,(H,21,26). The van der Waals surface area contributed by atoms with Gasteiger partial charge in [-0.3, -0.25) is 9.36 Å². The van der Waals surface area contributed by atoms with Gasteiger partial charge in [0.2, 0.25) is 5.91 Å². The molecule has 1 amide bonds. The molecule has 0 fully saturated rings. The largest absolute Gasteiger partial charge is 0.343 e. The highest BCUT2D eigenvalue weighted by molar-refractivity contribution is 7.99. The number of aryl methyl sites for hydroxylation is 1. The van der Waals surface area contributed by atoms with Gasteiger partial charge in [-0.05, 0) is 23.8 Å². The number of H-pyrrole nitrogens is 1. The van der Waals surface area contributed by atoms with Gasteiger partial charge in [-0.1, -0.05) is 69.8 Å². The first kappa shape index (κ1) is 21.3. The third kappa shape index (κ3) is 6.90. The van der Waals surface area contributed by atoms with Gasteiger partial charge in [0.1, 0.15) is 0 Å². The third-order valence-corrected chi connectivity index (χ3v) is 5.00. The molecule has 0 unspecified atom stereocenters. The van der Waals surface area contributed by atoms with Crippen LogP contribution in [0.15, 0.2) is 40.3 Å². The van der Waals surface area contributed by atoms with E-state index < -0.39 is 0 Å². The van der Waals surface area contributed by atoms with Crippen molar-refractivity contribution < 1.29 is 4.79 Å². The molecule has 0 atom stereocenters. The molecule has 2 rings (SSSR count). The third-order valence-electron chi connectivity index (χ3n) is 4.04. The fourth-order valence-electron chi connectivity index (χ4n) is 2.87. The summed E-state index contributed by atoms with van der Waals surface area (Å²) in [5.41, 5.74) is 0.930. The van der Waals surface area contributed by atoms with Gasteiger partial charge in [0, 0.05) is 19.6 Å². The Bertz CT molecular complexity index is 758. The van der Waals surface area contributed by atoms with Crippen LogP contribution in [0.1, 0.15) is 33.3 Å². The lowest BCUT2D eigenvalue weighted by atomic mass is 10.1. The van der Waals surface area contributed by atoms with E-state index in [1.54, 1.807) is 4.57 Å². The summed E-state index contributed by atoms with van der Waals surface area (Å²) in [6, 6.07) is 10.0. The van der Waals surface area contributed by atoms with E-state index in [1.807, 2.05) is 35.2 Å². The Morgan fingerprint density at radius 1 is 1.15 bits per heavy atom. The molecule has 1 N–H and O–H groups in total. The Morgan fingerprint density at radius 3 is 2.37 bits per heavy atom. The van der Waals surface area contributed by atoms with E-state index in [2.05, 4.69) is 37.9 Å². The lowest BCUT2D eigenvalue weighted by Crippen LogP contribution is -2.38. The van der Waals surface area contributed by atoms with E-state index in [0.29, 0.717) is 23.5 Å². The minimum absolute atomic E-state index is 0.0902. The second-order valence-electron chi connectivity index (χ2n) is 7.57. The highest BCUT2D eigenvalue weighted by Crippen LogP contribution is 2.16. The summed E-state index contributed by atoms with van der Waals surface area (Å²) in [6.07, 6.45) is 0.745. The quantitative estimate of drug-likeness (QED) is 0.633. The molecule has 2 aromatic rings. The SMILES string of the molecule is CC(C)CN(CC(C)C)C(=O)CSc1n[nH]c(=O)n1CCc1ccccc1. The van der Waals surface area contributed by atoms with Gasteiger partial charge in [0.15, 0.2) is 5.16 Å². The first-order valence-corrected chi connectivity index (χ1v) is 10.4. The number of thioether (sulfide) groups is 1. The van der Waals surface area contributed by atoms with E-state index in [-0.39, 0.29) is 17.3 Å². The molecule has 0 bridgehead atoms. The molecule has 0 aliphatic rings. The van der Waals surface area contributed by atoms with Crippen LogP contribution in [0.4, 0.5) is 0 Å². The number of hydrogen-bond donors (Lipinski definition) is 1. The Kier molecular flexibility index (Phi) is 8.16. The molecule has 27 heavy (non-hydrogen) atoms. The molecule has 7 heteroatoms. The molecule has 1 heterocycles. The first-order valence-electron chi connectivity index (χ1n) is 9.46. The van der Waals surface area contributed by atoms with Gasteiger partial charge in [0.25, 0.3) is 0 Å². The summed E-state index contributed by atoms with van der Waals surface area (Å²) in [5, 5.41) is 7.17. The number of nitrogens with one attached hydrogen (secondary N) is 1. The van der Waals surface area contributed by atoms with Crippen LogP contribution in [0.5, 0.6) is 0 Å². The smallest absolute Gasteiger partial charge is 0.341 e. The summed E-state index contributed by atoms with van der Waals surface area (Å²) in [4.78, 5) is 26.6. The van der Waals surface area contributed by atoms with Crippen LogP contribution >= 0.6 is 11.8 Å². The predicted octanol–water partition coefficient (Wildman–Crippen LogP) is 3.05. The highest BCUT2D eigenvalue weighted by Gasteiger charge is 2.18. The molecule has 1 aromatic carbocycles. The van der Waals surface area contributed by atoms with Gasteiger partial charge >= 0.3 is 5.69 Å². The molecule has 0 aliphatic carbocycles. The van der Waals surface area contributed by atoms with E-state index in [4.69, 9.17) is 0 Å². The fraction of sp³-hybridized carbons (Fsp3) is 0.550. The number of amides is 1. The second kappa shape index (κ2) is 10.3. The molecule has 0 spiro atoms. The maximum absolute atomic E-state index is 12.7.